The number of anilines is 1. The maximum atomic E-state index is 13.2. The summed E-state index contributed by atoms with van der Waals surface area (Å²) in [6.45, 7) is 2.57. The van der Waals surface area contributed by atoms with Crippen LogP contribution in [0.1, 0.15) is 36.7 Å². The van der Waals surface area contributed by atoms with Gasteiger partial charge in [0.2, 0.25) is 5.16 Å². The van der Waals surface area contributed by atoms with Gasteiger partial charge in [0.1, 0.15) is 0 Å². The lowest BCUT2D eigenvalue weighted by atomic mass is 10.1. The minimum Gasteiger partial charge on any atom is -0.321 e. The normalized spacial score (nSPS) is 11.1. The van der Waals surface area contributed by atoms with Gasteiger partial charge in [-0.25, -0.2) is 4.68 Å². The second-order valence-corrected chi connectivity index (χ2v) is 7.98. The lowest BCUT2D eigenvalue weighted by molar-refractivity contribution is 0.102. The van der Waals surface area contributed by atoms with Gasteiger partial charge in [0.15, 0.2) is 5.69 Å². The van der Waals surface area contributed by atoms with Crippen LogP contribution in [0.25, 0.3) is 16.5 Å². The molecule has 4 rings (SSSR count). The predicted molar refractivity (Wildman–Crippen MR) is 124 cm³/mol. The van der Waals surface area contributed by atoms with E-state index in [2.05, 4.69) is 32.9 Å². The first-order valence-electron chi connectivity index (χ1n) is 10.4. The summed E-state index contributed by atoms with van der Waals surface area (Å²) in [5.74, 6) is -0.385. The number of carbonyl (C=O) groups excluding carboxylic acids is 1. The summed E-state index contributed by atoms with van der Waals surface area (Å²) >= 11 is 1.42. The Morgan fingerprint density at radius 1 is 1.09 bits per heavy atom. The highest BCUT2D eigenvalue weighted by Crippen LogP contribution is 2.20. The van der Waals surface area contributed by atoms with Gasteiger partial charge in [-0.05, 0) is 47.4 Å². The van der Waals surface area contributed by atoms with Gasteiger partial charge in [0, 0.05) is 17.6 Å². The first-order chi connectivity index (χ1) is 15.6. The van der Waals surface area contributed by atoms with Gasteiger partial charge in [-0.3, -0.25) is 9.59 Å². The van der Waals surface area contributed by atoms with Crippen molar-refractivity contribution in [3.05, 3.63) is 64.6 Å². The van der Waals surface area contributed by atoms with Gasteiger partial charge in [-0.1, -0.05) is 55.8 Å². The number of hydrogen-bond acceptors (Lipinski definition) is 7. The quantitative estimate of drug-likeness (QED) is 0.324. The van der Waals surface area contributed by atoms with Crippen LogP contribution in [0.4, 0.5) is 5.69 Å². The third-order valence-corrected chi connectivity index (χ3v) is 5.65. The monoisotopic (exact) mass is 449 g/mol. The number of benzene rings is 2. The maximum absolute atomic E-state index is 13.2. The summed E-state index contributed by atoms with van der Waals surface area (Å²) in [5.41, 5.74) is 1.33. The fourth-order valence-corrected chi connectivity index (χ4v) is 3.87. The fraction of sp³-hybridized carbons (Fsp3) is 0.273. The van der Waals surface area contributed by atoms with Crippen molar-refractivity contribution < 1.29 is 4.79 Å². The van der Waals surface area contributed by atoms with Crippen LogP contribution in [-0.4, -0.2) is 42.2 Å². The fourth-order valence-electron chi connectivity index (χ4n) is 3.44. The summed E-state index contributed by atoms with van der Waals surface area (Å²) in [5, 5.41) is 20.6. The van der Waals surface area contributed by atoms with E-state index in [0.29, 0.717) is 28.2 Å². The molecule has 0 saturated carbocycles. The third-order valence-electron chi connectivity index (χ3n) is 5.03. The van der Waals surface area contributed by atoms with Crippen LogP contribution in [0.3, 0.4) is 0 Å². The van der Waals surface area contributed by atoms with Crippen LogP contribution in [0, 0.1) is 0 Å². The molecule has 0 radical (unpaired) electrons. The van der Waals surface area contributed by atoms with Gasteiger partial charge in [0.25, 0.3) is 11.5 Å². The Morgan fingerprint density at radius 3 is 2.69 bits per heavy atom. The molecule has 4 aromatic rings. The van der Waals surface area contributed by atoms with Crippen molar-refractivity contribution in [3.8, 4) is 5.69 Å². The second-order valence-electron chi connectivity index (χ2n) is 7.21. The zero-order chi connectivity index (χ0) is 22.5. The number of rotatable bonds is 8. The standard InChI is InChI=1S/C22H23N7O2S/c1-3-4-7-13-28-21(31)18-12-6-5-11-17(18)19(25-28)20(30)23-15-9-8-10-16(14-15)29-22(32-2)24-26-27-29/h5-6,8-12,14H,3-4,7,13H2,1-2H3,(H,23,30). The van der Waals surface area contributed by atoms with E-state index in [-0.39, 0.29) is 17.2 Å². The van der Waals surface area contributed by atoms with Crippen molar-refractivity contribution in [2.75, 3.05) is 11.6 Å². The molecule has 0 aliphatic heterocycles. The number of aryl methyl sites for hydroxylation is 1. The maximum Gasteiger partial charge on any atom is 0.276 e. The Balaban J connectivity index is 1.68. The first-order valence-corrected chi connectivity index (χ1v) is 11.6. The molecular weight excluding hydrogens is 426 g/mol. The highest BCUT2D eigenvalue weighted by Gasteiger charge is 2.17. The van der Waals surface area contributed by atoms with Crippen LogP contribution < -0.4 is 10.9 Å². The average molecular weight is 450 g/mol. The number of hydrogen-bond donors (Lipinski definition) is 1. The molecule has 10 heteroatoms. The number of carbonyl (C=O) groups is 1. The van der Waals surface area contributed by atoms with E-state index >= 15 is 0 Å². The summed E-state index contributed by atoms with van der Waals surface area (Å²) in [7, 11) is 0. The largest absolute Gasteiger partial charge is 0.321 e. The number of amides is 1. The van der Waals surface area contributed by atoms with E-state index in [4.69, 9.17) is 0 Å². The van der Waals surface area contributed by atoms with Crippen LogP contribution >= 0.6 is 11.8 Å². The number of thioether (sulfide) groups is 1. The molecule has 0 saturated heterocycles. The Labute approximate surface area is 188 Å². The highest BCUT2D eigenvalue weighted by atomic mass is 32.2. The summed E-state index contributed by atoms with van der Waals surface area (Å²) in [4.78, 5) is 26.0. The molecule has 1 N–H and O–H groups in total. The van der Waals surface area contributed by atoms with Gasteiger partial charge >= 0.3 is 0 Å². The predicted octanol–water partition coefficient (Wildman–Crippen LogP) is 3.54. The Bertz CT molecular complexity index is 1320. The molecule has 0 aliphatic rings. The minimum absolute atomic E-state index is 0.182. The summed E-state index contributed by atoms with van der Waals surface area (Å²) in [6, 6.07) is 14.3. The van der Waals surface area contributed by atoms with Crippen LogP contribution in [0.2, 0.25) is 0 Å². The number of nitrogens with zero attached hydrogens (tertiary/aromatic N) is 6. The van der Waals surface area contributed by atoms with Gasteiger partial charge in [-0.2, -0.15) is 9.78 Å². The number of tetrazole rings is 1. The SMILES string of the molecule is CCCCCn1nc(C(=O)Nc2cccc(-n3nnnc3SC)c2)c2ccccc2c1=O. The molecule has 2 heterocycles. The molecule has 0 unspecified atom stereocenters. The van der Waals surface area contributed by atoms with E-state index in [0.717, 1.165) is 24.9 Å². The molecule has 32 heavy (non-hydrogen) atoms. The van der Waals surface area contributed by atoms with Crippen molar-refractivity contribution >= 4 is 34.1 Å². The summed E-state index contributed by atoms with van der Waals surface area (Å²) in [6.07, 6.45) is 4.74. The van der Waals surface area contributed by atoms with E-state index in [1.54, 1.807) is 41.1 Å². The molecule has 2 aromatic heterocycles. The first kappa shape index (κ1) is 21.7. The molecule has 0 aliphatic carbocycles. The molecular formula is C22H23N7O2S. The molecule has 0 spiro atoms. The van der Waals surface area contributed by atoms with Crippen molar-refractivity contribution in [3.63, 3.8) is 0 Å². The highest BCUT2D eigenvalue weighted by molar-refractivity contribution is 7.98. The third kappa shape index (κ3) is 4.40. The van der Waals surface area contributed by atoms with Crippen molar-refractivity contribution in [1.82, 2.24) is 30.0 Å². The average Bonchev–Trinajstić information content (AvgIpc) is 3.30. The molecule has 1 amide bonds. The lowest BCUT2D eigenvalue weighted by Crippen LogP contribution is -2.27. The molecule has 164 valence electrons. The van der Waals surface area contributed by atoms with Crippen LogP contribution in [0.15, 0.2) is 58.5 Å². The van der Waals surface area contributed by atoms with Crippen molar-refractivity contribution in [2.24, 2.45) is 0 Å². The van der Waals surface area contributed by atoms with Gasteiger partial charge in [-0.15, -0.1) is 5.10 Å². The molecule has 0 fully saturated rings. The zero-order valence-corrected chi connectivity index (χ0v) is 18.7. The van der Waals surface area contributed by atoms with Gasteiger partial charge < -0.3 is 5.32 Å². The lowest BCUT2D eigenvalue weighted by Gasteiger charge is -2.12. The van der Waals surface area contributed by atoms with E-state index in [1.807, 2.05) is 18.4 Å². The van der Waals surface area contributed by atoms with Crippen LogP contribution in [0.5, 0.6) is 0 Å². The Kier molecular flexibility index (Phi) is 6.60. The Hall–Kier alpha value is -3.53. The topological polar surface area (TPSA) is 108 Å². The van der Waals surface area contributed by atoms with E-state index < -0.39 is 0 Å². The minimum atomic E-state index is -0.385. The van der Waals surface area contributed by atoms with E-state index in [9.17, 15) is 9.59 Å². The molecule has 0 bridgehead atoms. The van der Waals surface area contributed by atoms with Crippen molar-refractivity contribution in [2.45, 2.75) is 37.9 Å². The molecule has 2 aromatic carbocycles. The molecule has 9 nitrogen and oxygen atoms in total. The second kappa shape index (κ2) is 9.73. The van der Waals surface area contributed by atoms with Crippen molar-refractivity contribution in [1.29, 1.82) is 0 Å². The number of unbranched alkanes of at least 4 members (excludes halogenated alkanes) is 2. The number of nitrogens with one attached hydrogen (secondary N) is 1. The van der Waals surface area contributed by atoms with E-state index in [1.165, 1.54) is 16.4 Å². The van der Waals surface area contributed by atoms with Crippen LogP contribution in [-0.2, 0) is 6.54 Å². The molecule has 0 atom stereocenters. The van der Waals surface area contributed by atoms with Gasteiger partial charge in [0.05, 0.1) is 11.1 Å². The Morgan fingerprint density at radius 2 is 1.91 bits per heavy atom. The zero-order valence-electron chi connectivity index (χ0n) is 17.9. The number of fused-ring (bicyclic) bond motifs is 1. The number of aromatic nitrogens is 6. The summed E-state index contributed by atoms with van der Waals surface area (Å²) < 4.78 is 3.00. The smallest absolute Gasteiger partial charge is 0.276 e.